The van der Waals surface area contributed by atoms with Crippen molar-refractivity contribution >= 4 is 23.4 Å². The summed E-state index contributed by atoms with van der Waals surface area (Å²) in [5.74, 6) is 0.825. The number of nitrogens with one attached hydrogen (secondary N) is 2. The number of carbonyl (C=O) groups excluding carboxylic acids is 1. The van der Waals surface area contributed by atoms with Crippen LogP contribution in [0.15, 0.2) is 78.1 Å². The van der Waals surface area contributed by atoms with Crippen LogP contribution in [-0.4, -0.2) is 26.5 Å². The Morgan fingerprint density at radius 1 is 1.09 bits per heavy atom. The van der Waals surface area contributed by atoms with Crippen LogP contribution >= 0.6 is 11.8 Å². The smallest absolute Gasteiger partial charge is 0.166 e. The van der Waals surface area contributed by atoms with Crippen LogP contribution < -0.4 is 5.32 Å². The molecule has 4 aromatic rings. The molecule has 0 saturated heterocycles. The fraction of sp³-hybridized carbons (Fsp3) is 0.160. The van der Waals surface area contributed by atoms with Crippen molar-refractivity contribution in [3.63, 3.8) is 0 Å². The summed E-state index contributed by atoms with van der Waals surface area (Å²) in [6, 6.07) is 20.3. The van der Waals surface area contributed by atoms with Gasteiger partial charge in [-0.1, -0.05) is 42.1 Å². The lowest BCUT2D eigenvalue weighted by Crippen LogP contribution is -2.07. The number of halogens is 1. The van der Waals surface area contributed by atoms with E-state index in [1.54, 1.807) is 25.3 Å². The average molecular weight is 447 g/mol. The lowest BCUT2D eigenvalue weighted by Gasteiger charge is -2.15. The third-order valence-corrected chi connectivity index (χ3v) is 5.94. The van der Waals surface area contributed by atoms with Gasteiger partial charge in [0.1, 0.15) is 17.4 Å². The molecule has 2 aromatic carbocycles. The Hall–Kier alpha value is -3.45. The third-order valence-electron chi connectivity index (χ3n) is 4.92. The van der Waals surface area contributed by atoms with Crippen LogP contribution in [0.5, 0.6) is 0 Å². The zero-order valence-corrected chi connectivity index (χ0v) is 18.6. The van der Waals surface area contributed by atoms with Crippen molar-refractivity contribution in [2.75, 3.05) is 11.1 Å². The topological polar surface area (TPSA) is 70.7 Å². The van der Waals surface area contributed by atoms with Crippen LogP contribution in [0.25, 0.3) is 22.5 Å². The maximum absolute atomic E-state index is 13.5. The van der Waals surface area contributed by atoms with Crippen molar-refractivity contribution in [1.29, 1.82) is 0 Å². The molecule has 162 valence electrons. The lowest BCUT2D eigenvalue weighted by atomic mass is 10.1. The van der Waals surface area contributed by atoms with Crippen molar-refractivity contribution < 1.29 is 9.18 Å². The van der Waals surface area contributed by atoms with Crippen molar-refractivity contribution in [2.24, 2.45) is 0 Å². The Morgan fingerprint density at radius 2 is 1.84 bits per heavy atom. The fourth-order valence-electron chi connectivity index (χ4n) is 3.33. The second-order valence-electron chi connectivity index (χ2n) is 7.47. The Bertz CT molecular complexity index is 1210. The van der Waals surface area contributed by atoms with Gasteiger partial charge in [-0.05, 0) is 55.8 Å². The van der Waals surface area contributed by atoms with Gasteiger partial charge in [-0.3, -0.25) is 4.79 Å². The summed E-state index contributed by atoms with van der Waals surface area (Å²) in [7, 11) is 0. The second-order valence-corrected chi connectivity index (χ2v) is 8.43. The van der Waals surface area contributed by atoms with Gasteiger partial charge >= 0.3 is 0 Å². The molecular formula is C25H23FN4OS. The van der Waals surface area contributed by atoms with Crippen LogP contribution in [0.1, 0.15) is 25.5 Å². The summed E-state index contributed by atoms with van der Waals surface area (Å²) in [5.41, 5.74) is 4.33. The van der Waals surface area contributed by atoms with Crippen molar-refractivity contribution in [2.45, 2.75) is 25.0 Å². The van der Waals surface area contributed by atoms with E-state index in [1.807, 2.05) is 30.3 Å². The number of rotatable bonds is 8. The maximum Gasteiger partial charge on any atom is 0.166 e. The van der Waals surface area contributed by atoms with Gasteiger partial charge < -0.3 is 10.3 Å². The van der Waals surface area contributed by atoms with Gasteiger partial charge in [0.25, 0.3) is 0 Å². The predicted octanol–water partition coefficient (Wildman–Crippen LogP) is 6.13. The number of anilines is 1. The number of aromatic nitrogens is 3. The summed E-state index contributed by atoms with van der Waals surface area (Å²) in [4.78, 5) is 23.9. The largest absolute Gasteiger partial charge is 0.364 e. The Labute approximate surface area is 190 Å². The number of H-pyrrole nitrogens is 1. The summed E-state index contributed by atoms with van der Waals surface area (Å²) in [6.45, 7) is 3.63. The van der Waals surface area contributed by atoms with E-state index in [0.717, 1.165) is 33.9 Å². The molecule has 2 N–H and O–H groups in total. The molecule has 1 atom stereocenters. The van der Waals surface area contributed by atoms with Crippen molar-refractivity contribution in [3.05, 3.63) is 84.3 Å². The highest BCUT2D eigenvalue weighted by molar-refractivity contribution is 7.99. The second kappa shape index (κ2) is 9.78. The third kappa shape index (κ3) is 5.23. The van der Waals surface area contributed by atoms with Gasteiger partial charge in [-0.25, -0.2) is 14.4 Å². The number of nitrogens with zero attached hydrogens (tertiary/aromatic N) is 2. The number of imidazole rings is 1. The zero-order chi connectivity index (χ0) is 22.5. The number of Topliss-reactive ketones (excluding diaryl/α,β-unsaturated/α-hetero) is 1. The molecule has 0 saturated carbocycles. The molecule has 0 fully saturated rings. The van der Waals surface area contributed by atoms with Crippen molar-refractivity contribution in [1.82, 2.24) is 15.0 Å². The predicted molar refractivity (Wildman–Crippen MR) is 127 cm³/mol. The highest BCUT2D eigenvalue weighted by Crippen LogP contribution is 2.34. The van der Waals surface area contributed by atoms with E-state index in [2.05, 4.69) is 34.3 Å². The molecular weight excluding hydrogens is 423 g/mol. The van der Waals surface area contributed by atoms with E-state index >= 15 is 0 Å². The number of hydrogen-bond acceptors (Lipinski definition) is 5. The van der Waals surface area contributed by atoms with Gasteiger partial charge in [0.2, 0.25) is 0 Å². The molecule has 2 heterocycles. The Balaban J connectivity index is 1.67. The van der Waals surface area contributed by atoms with Gasteiger partial charge in [-0.15, -0.1) is 0 Å². The highest BCUT2D eigenvalue weighted by atomic mass is 32.2. The fourth-order valence-corrected chi connectivity index (χ4v) is 4.00. The summed E-state index contributed by atoms with van der Waals surface area (Å²) in [5, 5.41) is 4.07. The lowest BCUT2D eigenvalue weighted by molar-refractivity contribution is -0.114. The first-order valence-electron chi connectivity index (χ1n) is 10.3. The van der Waals surface area contributed by atoms with Gasteiger partial charge in [-0.2, -0.15) is 0 Å². The van der Waals surface area contributed by atoms with E-state index < -0.39 is 0 Å². The number of ketones is 1. The van der Waals surface area contributed by atoms with E-state index in [-0.39, 0.29) is 17.6 Å². The molecule has 0 aliphatic heterocycles. The number of hydrogen-bond donors (Lipinski definition) is 2. The quantitative estimate of drug-likeness (QED) is 0.319. The Morgan fingerprint density at radius 3 is 2.56 bits per heavy atom. The van der Waals surface area contributed by atoms with Crippen LogP contribution in [0.3, 0.4) is 0 Å². The van der Waals surface area contributed by atoms with Gasteiger partial charge in [0, 0.05) is 23.4 Å². The molecule has 0 aliphatic carbocycles. The molecule has 7 heteroatoms. The molecule has 0 radical (unpaired) electrons. The van der Waals surface area contributed by atoms with Crippen LogP contribution in [0, 0.1) is 5.82 Å². The molecule has 0 bridgehead atoms. The van der Waals surface area contributed by atoms with E-state index in [0.29, 0.717) is 10.9 Å². The average Bonchev–Trinajstić information content (AvgIpc) is 3.23. The monoisotopic (exact) mass is 446 g/mol. The zero-order valence-electron chi connectivity index (χ0n) is 17.8. The summed E-state index contributed by atoms with van der Waals surface area (Å²) < 4.78 is 13.5. The molecule has 1 unspecified atom stereocenters. The van der Waals surface area contributed by atoms with Crippen LogP contribution in [0.4, 0.5) is 10.2 Å². The molecule has 4 rings (SSSR count). The number of carbonyl (C=O) groups is 1. The number of aromatic amines is 1. The minimum atomic E-state index is -0.300. The van der Waals surface area contributed by atoms with E-state index in [9.17, 15) is 9.18 Å². The van der Waals surface area contributed by atoms with Gasteiger partial charge in [0.15, 0.2) is 5.16 Å². The van der Waals surface area contributed by atoms with Gasteiger partial charge in [0.05, 0.1) is 17.1 Å². The minimum Gasteiger partial charge on any atom is -0.364 e. The molecule has 2 aromatic heterocycles. The van der Waals surface area contributed by atoms with Crippen LogP contribution in [0.2, 0.25) is 0 Å². The number of benzene rings is 2. The summed E-state index contributed by atoms with van der Waals surface area (Å²) in [6.07, 6.45) is 1.74. The first-order chi connectivity index (χ1) is 15.5. The number of thioether (sulfide) groups is 1. The molecule has 32 heavy (non-hydrogen) atoms. The van der Waals surface area contributed by atoms with E-state index in [4.69, 9.17) is 4.98 Å². The molecule has 0 aliphatic rings. The van der Waals surface area contributed by atoms with E-state index in [1.165, 1.54) is 23.9 Å². The molecule has 0 spiro atoms. The SMILES string of the molecule is CC(=O)CSc1nc(-c2ccnc(NC(C)c3ccccc3)c2)c(-c2ccc(F)cc2)[nH]1. The van der Waals surface area contributed by atoms with Crippen molar-refractivity contribution in [3.8, 4) is 22.5 Å². The normalized spacial score (nSPS) is 11.8. The first-order valence-corrected chi connectivity index (χ1v) is 11.2. The minimum absolute atomic E-state index is 0.0709. The number of pyridine rings is 1. The standard InChI is InChI=1S/C25H23FN4OS/c1-16(31)15-32-25-29-23(19-8-10-21(26)11-9-19)24(30-25)20-12-13-27-22(14-20)28-17(2)18-6-4-3-5-7-18/h3-14,17H,15H2,1-2H3,(H,27,28)(H,29,30). The highest BCUT2D eigenvalue weighted by Gasteiger charge is 2.16. The first kappa shape index (κ1) is 21.8. The Kier molecular flexibility index (Phi) is 6.66. The summed E-state index contributed by atoms with van der Waals surface area (Å²) >= 11 is 1.35. The molecule has 5 nitrogen and oxygen atoms in total. The maximum atomic E-state index is 13.5. The van der Waals surface area contributed by atoms with Crippen LogP contribution in [-0.2, 0) is 4.79 Å². The molecule has 0 amide bonds.